The molecule has 5 rings (SSSR count). The van der Waals surface area contributed by atoms with Crippen LogP contribution < -0.4 is 0 Å². The molecule has 1 aliphatic carbocycles. The summed E-state index contributed by atoms with van der Waals surface area (Å²) < 4.78 is 1.87. The highest BCUT2D eigenvalue weighted by molar-refractivity contribution is 7.14. The number of rotatable bonds is 5. The first-order chi connectivity index (χ1) is 16.0. The Bertz CT molecular complexity index is 1270. The first kappa shape index (κ1) is 22.9. The van der Waals surface area contributed by atoms with Crippen molar-refractivity contribution in [3.05, 3.63) is 68.1 Å². The Kier molecular flexibility index (Phi) is 6.75. The molecule has 1 aliphatic rings. The summed E-state index contributed by atoms with van der Waals surface area (Å²) >= 11 is 20.5. The van der Waals surface area contributed by atoms with Gasteiger partial charge in [-0.25, -0.2) is 4.68 Å². The van der Waals surface area contributed by atoms with Crippen LogP contribution in [0.1, 0.15) is 42.7 Å². The highest BCUT2D eigenvalue weighted by Gasteiger charge is 2.23. The van der Waals surface area contributed by atoms with Crippen LogP contribution in [0.2, 0.25) is 15.1 Å². The quantitative estimate of drug-likeness (QED) is 0.267. The van der Waals surface area contributed by atoms with E-state index in [1.807, 2.05) is 41.1 Å². The van der Waals surface area contributed by atoms with Crippen molar-refractivity contribution in [1.82, 2.24) is 20.0 Å². The molecule has 0 aliphatic heterocycles. The van der Waals surface area contributed by atoms with E-state index in [-0.39, 0.29) is 0 Å². The maximum Gasteiger partial charge on any atom is 0.168 e. The van der Waals surface area contributed by atoms with E-state index < -0.39 is 0 Å². The molecule has 0 unspecified atom stereocenters. The zero-order valence-electron chi connectivity index (χ0n) is 18.2. The van der Waals surface area contributed by atoms with Crippen LogP contribution in [-0.4, -0.2) is 20.0 Å². The third-order valence-electron chi connectivity index (χ3n) is 6.24. The van der Waals surface area contributed by atoms with E-state index in [1.165, 1.54) is 32.1 Å². The van der Waals surface area contributed by atoms with Crippen molar-refractivity contribution < 1.29 is 0 Å². The number of nitrogens with zero attached hydrogens (tertiary/aromatic N) is 4. The Morgan fingerprint density at radius 2 is 1.67 bits per heavy atom. The topological polar surface area (TPSA) is 43.6 Å². The molecule has 4 aromatic rings. The lowest BCUT2D eigenvalue weighted by Crippen LogP contribution is -2.08. The van der Waals surface area contributed by atoms with Gasteiger partial charge in [0.25, 0.3) is 0 Å². The van der Waals surface area contributed by atoms with Gasteiger partial charge in [-0.1, -0.05) is 90.4 Å². The molecule has 8 heteroatoms. The van der Waals surface area contributed by atoms with E-state index in [2.05, 4.69) is 17.1 Å². The van der Waals surface area contributed by atoms with Crippen LogP contribution in [0, 0.1) is 12.8 Å². The average molecular weight is 518 g/mol. The molecule has 0 spiro atoms. The molecule has 1 fully saturated rings. The number of halogens is 3. The van der Waals surface area contributed by atoms with E-state index >= 15 is 0 Å². The fraction of sp³-hybridized carbons (Fsp3) is 0.320. The van der Waals surface area contributed by atoms with Gasteiger partial charge in [0.1, 0.15) is 10.7 Å². The maximum absolute atomic E-state index is 6.58. The van der Waals surface area contributed by atoms with Gasteiger partial charge in [-0.3, -0.25) is 0 Å². The van der Waals surface area contributed by atoms with E-state index in [0.29, 0.717) is 15.1 Å². The lowest BCUT2D eigenvalue weighted by atomic mass is 9.87. The molecule has 0 saturated heterocycles. The van der Waals surface area contributed by atoms with Crippen LogP contribution in [0.4, 0.5) is 0 Å². The molecule has 33 heavy (non-hydrogen) atoms. The molecule has 2 heterocycles. The van der Waals surface area contributed by atoms with Gasteiger partial charge >= 0.3 is 0 Å². The second kappa shape index (κ2) is 9.75. The second-order valence-corrected chi connectivity index (χ2v) is 10.9. The van der Waals surface area contributed by atoms with E-state index in [0.717, 1.165) is 50.6 Å². The monoisotopic (exact) mass is 516 g/mol. The Labute approximate surface area is 212 Å². The SMILES string of the molecule is Cc1c(-c2nnc(CC3CCCCC3)s2)nn(-c2ccc(Cl)cc2Cl)c1-c1ccc(Cl)cc1. The Morgan fingerprint density at radius 1 is 0.939 bits per heavy atom. The average Bonchev–Trinajstić information content (AvgIpc) is 3.39. The normalized spacial score (nSPS) is 14.7. The summed E-state index contributed by atoms with van der Waals surface area (Å²) in [5.41, 5.74) is 4.53. The third-order valence-corrected chi connectivity index (χ3v) is 7.98. The second-order valence-electron chi connectivity index (χ2n) is 8.55. The van der Waals surface area contributed by atoms with Gasteiger partial charge in [-0.15, -0.1) is 10.2 Å². The standard InChI is InChI=1S/C25H23Cl3N4S/c1-15-23(25-30-29-22(33-25)13-16-5-3-2-4-6-16)31-32(21-12-11-19(27)14-20(21)28)24(15)17-7-9-18(26)10-8-17/h7-12,14,16H,2-6,13H2,1H3. The van der Waals surface area contributed by atoms with Gasteiger partial charge in [0.15, 0.2) is 5.01 Å². The van der Waals surface area contributed by atoms with Crippen LogP contribution in [0.25, 0.3) is 27.6 Å². The predicted molar refractivity (Wildman–Crippen MR) is 138 cm³/mol. The molecular formula is C25H23Cl3N4S. The van der Waals surface area contributed by atoms with Gasteiger partial charge in [-0.05, 0) is 43.2 Å². The minimum Gasteiger partial charge on any atom is -0.231 e. The fourth-order valence-corrected chi connectivity index (χ4v) is 6.15. The molecule has 0 radical (unpaired) electrons. The summed E-state index contributed by atoms with van der Waals surface area (Å²) in [5, 5.41) is 17.7. The lowest BCUT2D eigenvalue weighted by molar-refractivity contribution is 0.356. The summed E-state index contributed by atoms with van der Waals surface area (Å²) in [7, 11) is 0. The molecule has 4 nitrogen and oxygen atoms in total. The number of aromatic nitrogens is 4. The largest absolute Gasteiger partial charge is 0.231 e. The van der Waals surface area contributed by atoms with Crippen LogP contribution in [0.3, 0.4) is 0 Å². The molecule has 2 aromatic carbocycles. The first-order valence-electron chi connectivity index (χ1n) is 11.1. The number of benzene rings is 2. The zero-order valence-corrected chi connectivity index (χ0v) is 21.3. The van der Waals surface area contributed by atoms with Crippen molar-refractivity contribution in [2.45, 2.75) is 45.4 Å². The van der Waals surface area contributed by atoms with Gasteiger partial charge in [-0.2, -0.15) is 5.10 Å². The third kappa shape index (κ3) is 4.83. The predicted octanol–water partition coefficient (Wildman–Crippen LogP) is 8.45. The summed E-state index contributed by atoms with van der Waals surface area (Å²) in [4.78, 5) is 0. The molecule has 2 aromatic heterocycles. The Morgan fingerprint density at radius 3 is 2.39 bits per heavy atom. The van der Waals surface area contributed by atoms with Crippen molar-refractivity contribution in [3.8, 4) is 27.6 Å². The molecular weight excluding hydrogens is 495 g/mol. The van der Waals surface area contributed by atoms with Crippen molar-refractivity contribution in [2.75, 3.05) is 0 Å². The Balaban J connectivity index is 1.58. The van der Waals surface area contributed by atoms with Crippen molar-refractivity contribution in [3.63, 3.8) is 0 Å². The summed E-state index contributed by atoms with van der Waals surface area (Å²) in [6.07, 6.45) is 7.59. The fourth-order valence-electron chi connectivity index (χ4n) is 4.54. The molecule has 1 saturated carbocycles. The minimum atomic E-state index is 0.530. The van der Waals surface area contributed by atoms with Gasteiger partial charge in [0.2, 0.25) is 0 Å². The van der Waals surface area contributed by atoms with Gasteiger partial charge in [0, 0.05) is 27.6 Å². The first-order valence-corrected chi connectivity index (χ1v) is 13.1. The minimum absolute atomic E-state index is 0.530. The molecule has 0 amide bonds. The van der Waals surface area contributed by atoms with Gasteiger partial charge < -0.3 is 0 Å². The number of hydrogen-bond acceptors (Lipinski definition) is 4. The number of hydrogen-bond donors (Lipinski definition) is 0. The maximum atomic E-state index is 6.58. The van der Waals surface area contributed by atoms with Crippen molar-refractivity contribution in [2.24, 2.45) is 5.92 Å². The highest BCUT2D eigenvalue weighted by Crippen LogP contribution is 2.38. The van der Waals surface area contributed by atoms with Crippen molar-refractivity contribution >= 4 is 46.1 Å². The zero-order chi connectivity index (χ0) is 22.9. The van der Waals surface area contributed by atoms with E-state index in [4.69, 9.17) is 39.9 Å². The van der Waals surface area contributed by atoms with Crippen LogP contribution >= 0.6 is 46.1 Å². The molecule has 170 valence electrons. The summed E-state index contributed by atoms with van der Waals surface area (Å²) in [6.45, 7) is 2.06. The van der Waals surface area contributed by atoms with Crippen LogP contribution in [0.15, 0.2) is 42.5 Å². The summed E-state index contributed by atoms with van der Waals surface area (Å²) in [5.74, 6) is 0.718. The van der Waals surface area contributed by atoms with Crippen molar-refractivity contribution in [1.29, 1.82) is 0 Å². The smallest absolute Gasteiger partial charge is 0.168 e. The van der Waals surface area contributed by atoms with E-state index in [1.54, 1.807) is 17.4 Å². The molecule has 0 atom stereocenters. The molecule has 0 N–H and O–H groups in total. The van der Waals surface area contributed by atoms with Crippen LogP contribution in [0.5, 0.6) is 0 Å². The lowest BCUT2D eigenvalue weighted by Gasteiger charge is -2.19. The molecule has 0 bridgehead atoms. The van der Waals surface area contributed by atoms with Gasteiger partial charge in [0.05, 0.1) is 16.4 Å². The highest BCUT2D eigenvalue weighted by atomic mass is 35.5. The van der Waals surface area contributed by atoms with E-state index in [9.17, 15) is 0 Å². The van der Waals surface area contributed by atoms with Crippen LogP contribution in [-0.2, 0) is 6.42 Å². The Hall–Kier alpha value is -1.92. The summed E-state index contributed by atoms with van der Waals surface area (Å²) in [6, 6.07) is 13.2.